The summed E-state index contributed by atoms with van der Waals surface area (Å²) in [5.41, 5.74) is 2.02. The molecule has 160 valence electrons. The van der Waals surface area contributed by atoms with E-state index in [0.29, 0.717) is 30.7 Å². The number of likely N-dealkylation sites (tertiary alicyclic amines) is 1. The first-order valence-electron chi connectivity index (χ1n) is 10.8. The lowest BCUT2D eigenvalue weighted by Crippen LogP contribution is -2.45. The van der Waals surface area contributed by atoms with Crippen LogP contribution >= 0.6 is 0 Å². The third kappa shape index (κ3) is 6.59. The van der Waals surface area contributed by atoms with E-state index in [0.717, 1.165) is 32.0 Å². The number of benzene rings is 2. The molecule has 6 nitrogen and oxygen atoms in total. The second-order valence-electron chi connectivity index (χ2n) is 7.72. The van der Waals surface area contributed by atoms with Crippen LogP contribution in [0.5, 0.6) is 0 Å². The first kappa shape index (κ1) is 21.8. The Morgan fingerprint density at radius 1 is 1.07 bits per heavy atom. The van der Waals surface area contributed by atoms with Gasteiger partial charge in [-0.2, -0.15) is 0 Å². The summed E-state index contributed by atoms with van der Waals surface area (Å²) >= 11 is 0. The fourth-order valence-electron chi connectivity index (χ4n) is 3.78. The van der Waals surface area contributed by atoms with E-state index in [2.05, 4.69) is 70.0 Å². The molecule has 1 aliphatic heterocycles. The van der Waals surface area contributed by atoms with Crippen LogP contribution in [0.2, 0.25) is 0 Å². The molecule has 0 spiro atoms. The van der Waals surface area contributed by atoms with Gasteiger partial charge >= 0.3 is 0 Å². The van der Waals surface area contributed by atoms with Crippen molar-refractivity contribution in [1.82, 2.24) is 20.9 Å². The molecule has 0 saturated carbocycles. The van der Waals surface area contributed by atoms with Crippen molar-refractivity contribution in [2.24, 2.45) is 4.99 Å². The summed E-state index contributed by atoms with van der Waals surface area (Å²) in [5.74, 6) is 0.746. The van der Waals surface area contributed by atoms with E-state index in [4.69, 9.17) is 0 Å². The highest BCUT2D eigenvalue weighted by molar-refractivity contribution is 5.94. The fraction of sp³-hybridized carbons (Fsp3) is 0.417. The largest absolute Gasteiger partial charge is 0.357 e. The second kappa shape index (κ2) is 11.4. The average Bonchev–Trinajstić information content (AvgIpc) is 3.11. The Morgan fingerprint density at radius 2 is 1.77 bits per heavy atom. The normalized spacial score (nSPS) is 19.5. The summed E-state index contributed by atoms with van der Waals surface area (Å²) in [6.45, 7) is 8.15. The van der Waals surface area contributed by atoms with Gasteiger partial charge in [-0.25, -0.2) is 0 Å². The molecule has 2 aromatic rings. The highest BCUT2D eigenvalue weighted by Gasteiger charge is 2.29. The molecule has 2 aromatic carbocycles. The minimum absolute atomic E-state index is 0.0649. The van der Waals surface area contributed by atoms with E-state index in [1.54, 1.807) is 0 Å². The number of carbonyl (C=O) groups excluding carboxylic acids is 1. The summed E-state index contributed by atoms with van der Waals surface area (Å²) in [7, 11) is 0. The number of hydrogen-bond donors (Lipinski definition) is 3. The number of nitrogens with one attached hydrogen (secondary N) is 3. The van der Waals surface area contributed by atoms with Gasteiger partial charge in [0.15, 0.2) is 5.96 Å². The van der Waals surface area contributed by atoms with E-state index in [1.165, 1.54) is 5.56 Å². The number of carbonyl (C=O) groups is 1. The molecule has 2 unspecified atom stereocenters. The highest BCUT2D eigenvalue weighted by atomic mass is 16.1. The molecule has 30 heavy (non-hydrogen) atoms. The molecule has 0 bridgehead atoms. The summed E-state index contributed by atoms with van der Waals surface area (Å²) in [5, 5.41) is 9.81. The Balaban J connectivity index is 1.47. The van der Waals surface area contributed by atoms with Gasteiger partial charge in [-0.15, -0.1) is 0 Å². The van der Waals surface area contributed by atoms with Crippen molar-refractivity contribution in [2.45, 2.75) is 38.9 Å². The van der Waals surface area contributed by atoms with Crippen LogP contribution < -0.4 is 16.0 Å². The molecule has 2 atom stereocenters. The van der Waals surface area contributed by atoms with Gasteiger partial charge in [0.2, 0.25) is 0 Å². The Bertz CT molecular complexity index is 809. The van der Waals surface area contributed by atoms with Gasteiger partial charge in [0.05, 0.1) is 6.54 Å². The summed E-state index contributed by atoms with van der Waals surface area (Å²) in [6, 6.07) is 20.8. The molecule has 3 N–H and O–H groups in total. The lowest BCUT2D eigenvalue weighted by Gasteiger charge is -2.21. The second-order valence-corrected chi connectivity index (χ2v) is 7.72. The minimum atomic E-state index is -0.0649. The zero-order chi connectivity index (χ0) is 21.2. The standard InChI is InChI=1S/C24H33N5O/c1-3-25-24(27-15-14-26-23(30)21-12-8-5-9-13-21)28-22-16-19(2)29(18-22)17-20-10-6-4-7-11-20/h4-13,19,22H,3,14-18H2,1-2H3,(H,26,30)(H2,25,27,28). The quantitative estimate of drug-likeness (QED) is 0.358. The van der Waals surface area contributed by atoms with Crippen LogP contribution in [0.15, 0.2) is 65.7 Å². The Morgan fingerprint density at radius 3 is 2.47 bits per heavy atom. The van der Waals surface area contributed by atoms with E-state index in [1.807, 2.05) is 30.3 Å². The van der Waals surface area contributed by atoms with E-state index < -0.39 is 0 Å². The number of nitrogens with zero attached hydrogens (tertiary/aromatic N) is 2. The number of guanidine groups is 1. The van der Waals surface area contributed by atoms with Gasteiger partial charge in [-0.3, -0.25) is 14.7 Å². The number of hydrogen-bond acceptors (Lipinski definition) is 3. The van der Waals surface area contributed by atoms with Gasteiger partial charge in [-0.1, -0.05) is 48.5 Å². The first-order valence-corrected chi connectivity index (χ1v) is 10.8. The summed E-state index contributed by atoms with van der Waals surface area (Å²) in [6.07, 6.45) is 1.09. The Labute approximate surface area is 179 Å². The molecule has 0 aromatic heterocycles. The van der Waals surface area contributed by atoms with E-state index >= 15 is 0 Å². The van der Waals surface area contributed by atoms with Crippen LogP contribution in [0.1, 0.15) is 36.2 Å². The molecule has 1 amide bonds. The molecular formula is C24H33N5O. The topological polar surface area (TPSA) is 68.8 Å². The zero-order valence-electron chi connectivity index (χ0n) is 18.0. The first-order chi connectivity index (χ1) is 14.7. The smallest absolute Gasteiger partial charge is 0.251 e. The average molecular weight is 408 g/mol. The molecule has 1 aliphatic rings. The third-order valence-electron chi connectivity index (χ3n) is 5.32. The monoisotopic (exact) mass is 407 g/mol. The van der Waals surface area contributed by atoms with Crippen LogP contribution in [0.3, 0.4) is 0 Å². The van der Waals surface area contributed by atoms with Crippen LogP contribution in [0.25, 0.3) is 0 Å². The molecular weight excluding hydrogens is 374 g/mol. The van der Waals surface area contributed by atoms with Crippen molar-refractivity contribution < 1.29 is 4.79 Å². The molecule has 6 heteroatoms. The van der Waals surface area contributed by atoms with Gasteiger partial charge in [0.1, 0.15) is 0 Å². The Kier molecular flexibility index (Phi) is 8.27. The predicted molar refractivity (Wildman–Crippen MR) is 123 cm³/mol. The lowest BCUT2D eigenvalue weighted by molar-refractivity contribution is 0.0955. The van der Waals surface area contributed by atoms with Crippen LogP contribution in [-0.4, -0.2) is 55.0 Å². The maximum Gasteiger partial charge on any atom is 0.251 e. The lowest BCUT2D eigenvalue weighted by atomic mass is 10.2. The molecule has 0 radical (unpaired) electrons. The molecule has 1 fully saturated rings. The third-order valence-corrected chi connectivity index (χ3v) is 5.32. The Hall–Kier alpha value is -2.86. The van der Waals surface area contributed by atoms with Crippen molar-refractivity contribution >= 4 is 11.9 Å². The van der Waals surface area contributed by atoms with Gasteiger partial charge in [0.25, 0.3) is 5.91 Å². The molecule has 3 rings (SSSR count). The van der Waals surface area contributed by atoms with Crippen molar-refractivity contribution in [1.29, 1.82) is 0 Å². The van der Waals surface area contributed by atoms with E-state index in [-0.39, 0.29) is 5.91 Å². The van der Waals surface area contributed by atoms with E-state index in [9.17, 15) is 4.79 Å². The number of rotatable bonds is 8. The summed E-state index contributed by atoms with van der Waals surface area (Å²) in [4.78, 5) is 19.3. The minimum Gasteiger partial charge on any atom is -0.357 e. The summed E-state index contributed by atoms with van der Waals surface area (Å²) < 4.78 is 0. The van der Waals surface area contributed by atoms with Gasteiger partial charge in [-0.05, 0) is 38.0 Å². The van der Waals surface area contributed by atoms with Crippen molar-refractivity contribution in [3.05, 3.63) is 71.8 Å². The highest BCUT2D eigenvalue weighted by Crippen LogP contribution is 2.20. The van der Waals surface area contributed by atoms with Crippen molar-refractivity contribution in [3.63, 3.8) is 0 Å². The van der Waals surface area contributed by atoms with Crippen LogP contribution in [0, 0.1) is 0 Å². The maximum atomic E-state index is 12.1. The zero-order valence-corrected chi connectivity index (χ0v) is 18.0. The van der Waals surface area contributed by atoms with Gasteiger partial charge in [0, 0.05) is 43.8 Å². The SMILES string of the molecule is CCNC(=NCCNC(=O)c1ccccc1)NC1CC(C)N(Cc2ccccc2)C1. The van der Waals surface area contributed by atoms with Crippen molar-refractivity contribution in [3.8, 4) is 0 Å². The number of aliphatic imine (C=N–C) groups is 1. The maximum absolute atomic E-state index is 12.1. The van der Waals surface area contributed by atoms with Crippen LogP contribution in [0.4, 0.5) is 0 Å². The fourth-order valence-corrected chi connectivity index (χ4v) is 3.78. The van der Waals surface area contributed by atoms with Crippen molar-refractivity contribution in [2.75, 3.05) is 26.2 Å². The number of amides is 1. The van der Waals surface area contributed by atoms with Gasteiger partial charge < -0.3 is 16.0 Å². The molecule has 1 heterocycles. The molecule has 1 saturated heterocycles. The predicted octanol–water partition coefficient (Wildman–Crippen LogP) is 2.63. The molecule has 0 aliphatic carbocycles. The van der Waals surface area contributed by atoms with Crippen LogP contribution in [-0.2, 0) is 6.54 Å².